The number of aromatic nitrogens is 4. The molecular weight excluding hydrogens is 765 g/mol. The summed E-state index contributed by atoms with van der Waals surface area (Å²) in [6.45, 7) is 2.36. The van der Waals surface area contributed by atoms with Crippen molar-refractivity contribution < 1.29 is 0 Å². The minimum Gasteiger partial charge on any atom is -0.309 e. The maximum atomic E-state index is 5.13. The highest BCUT2D eigenvalue weighted by Crippen LogP contribution is 2.64. The van der Waals surface area contributed by atoms with Gasteiger partial charge in [-0.05, 0) is 80.1 Å². The van der Waals surface area contributed by atoms with Crippen molar-refractivity contribution in [1.82, 2.24) is 19.5 Å². The van der Waals surface area contributed by atoms with Gasteiger partial charge >= 0.3 is 0 Å². The van der Waals surface area contributed by atoms with Crippen molar-refractivity contribution in [3.63, 3.8) is 0 Å². The maximum Gasteiger partial charge on any atom is 0.164 e. The first-order chi connectivity index (χ1) is 31.1. The highest BCUT2D eigenvalue weighted by Gasteiger charge is 2.53. The van der Waals surface area contributed by atoms with E-state index in [0.717, 1.165) is 34.2 Å². The lowest BCUT2D eigenvalue weighted by Gasteiger charge is -2.43. The molecule has 13 rings (SSSR count). The molecule has 296 valence electrons. The van der Waals surface area contributed by atoms with Crippen LogP contribution in [-0.2, 0) is 5.41 Å². The van der Waals surface area contributed by atoms with Crippen LogP contribution in [0, 0.1) is 5.92 Å². The molecule has 0 radical (unpaired) electrons. The fourth-order valence-electron chi connectivity index (χ4n) is 10.9. The Bertz CT molecular complexity index is 3520. The van der Waals surface area contributed by atoms with E-state index in [-0.39, 0.29) is 0 Å². The second kappa shape index (κ2) is 13.8. The average Bonchev–Trinajstić information content (AvgIpc) is 3.85. The van der Waals surface area contributed by atoms with Gasteiger partial charge in [-0.1, -0.05) is 201 Å². The average molecular weight is 805 g/mol. The zero-order valence-corrected chi connectivity index (χ0v) is 34.7. The molecule has 3 heterocycles. The highest BCUT2D eigenvalue weighted by molar-refractivity contribution is 6.14. The number of rotatable bonds is 5. The van der Waals surface area contributed by atoms with Gasteiger partial charge in [0.1, 0.15) is 0 Å². The molecular formula is C59H40N4. The summed E-state index contributed by atoms with van der Waals surface area (Å²) in [7, 11) is 0. The van der Waals surface area contributed by atoms with Gasteiger partial charge < -0.3 is 4.57 Å². The molecule has 8 aromatic carbocycles. The molecule has 2 aliphatic carbocycles. The number of fused-ring (bicyclic) bond motifs is 11. The number of allylic oxidation sites excluding steroid dienone is 4. The van der Waals surface area contributed by atoms with Crippen LogP contribution >= 0.6 is 0 Å². The van der Waals surface area contributed by atoms with E-state index in [1.54, 1.807) is 0 Å². The van der Waals surface area contributed by atoms with Crippen molar-refractivity contribution >= 4 is 27.5 Å². The quantitative estimate of drug-likeness (QED) is 0.174. The Morgan fingerprint density at radius 3 is 1.68 bits per heavy atom. The van der Waals surface area contributed by atoms with Gasteiger partial charge in [-0.15, -0.1) is 0 Å². The topological polar surface area (TPSA) is 43.6 Å². The van der Waals surface area contributed by atoms with Crippen LogP contribution in [0.1, 0.15) is 30.0 Å². The summed E-state index contributed by atoms with van der Waals surface area (Å²) in [5.41, 5.74) is 19.1. The van der Waals surface area contributed by atoms with Crippen molar-refractivity contribution in [1.29, 1.82) is 0 Å². The predicted molar refractivity (Wildman–Crippen MR) is 258 cm³/mol. The number of nitrogens with zero attached hydrogens (tertiary/aromatic N) is 4. The molecule has 1 spiro atoms. The van der Waals surface area contributed by atoms with E-state index < -0.39 is 5.41 Å². The van der Waals surface area contributed by atoms with E-state index >= 15 is 0 Å². The molecule has 1 aliphatic heterocycles. The van der Waals surface area contributed by atoms with Gasteiger partial charge in [0.05, 0.1) is 16.4 Å². The minimum atomic E-state index is -0.483. The van der Waals surface area contributed by atoms with Crippen LogP contribution in [0.25, 0.3) is 95.0 Å². The van der Waals surface area contributed by atoms with Crippen molar-refractivity contribution in [2.24, 2.45) is 5.92 Å². The van der Waals surface area contributed by atoms with Crippen LogP contribution in [0.2, 0.25) is 0 Å². The molecule has 63 heavy (non-hydrogen) atoms. The van der Waals surface area contributed by atoms with Crippen molar-refractivity contribution in [2.45, 2.75) is 18.8 Å². The molecule has 0 bridgehead atoms. The third-order valence-corrected chi connectivity index (χ3v) is 13.6. The van der Waals surface area contributed by atoms with Crippen LogP contribution in [0.3, 0.4) is 0 Å². The fourth-order valence-corrected chi connectivity index (χ4v) is 10.9. The lowest BCUT2D eigenvalue weighted by molar-refractivity contribution is 0.610. The molecule has 10 aromatic rings. The Kier molecular flexibility index (Phi) is 7.83. The van der Waals surface area contributed by atoms with E-state index in [2.05, 4.69) is 194 Å². The summed E-state index contributed by atoms with van der Waals surface area (Å²) in [6.07, 6.45) is 5.79. The number of hydrogen-bond donors (Lipinski definition) is 0. The molecule has 0 amide bonds. The third-order valence-electron chi connectivity index (χ3n) is 13.6. The summed E-state index contributed by atoms with van der Waals surface area (Å²) < 4.78 is 2.56. The van der Waals surface area contributed by atoms with Crippen molar-refractivity contribution in [2.75, 3.05) is 0 Å². The summed E-state index contributed by atoms with van der Waals surface area (Å²) in [4.78, 5) is 15.3. The monoisotopic (exact) mass is 804 g/mol. The molecule has 4 nitrogen and oxygen atoms in total. The SMILES string of the molecule is CC1C=CC2=C(C1)C1(c3ccccc3-c3cccc(-c4ccc(-c5nc(-c6ccccc6)nc(-c6ccc(-c7ccccc7)cc6)n5)cc4)c31)c1cccc3c4ccccc4n2c13. The Labute approximate surface area is 366 Å². The fraction of sp³-hybridized carbons (Fsp3) is 0.0678. The van der Waals surface area contributed by atoms with Crippen molar-refractivity contribution in [3.05, 3.63) is 229 Å². The molecule has 2 atom stereocenters. The van der Waals surface area contributed by atoms with Crippen LogP contribution in [0.5, 0.6) is 0 Å². The molecule has 4 heteroatoms. The molecule has 0 saturated heterocycles. The third kappa shape index (κ3) is 5.25. The van der Waals surface area contributed by atoms with E-state index in [1.807, 2.05) is 24.3 Å². The lowest BCUT2D eigenvalue weighted by Crippen LogP contribution is -2.36. The molecule has 0 saturated carbocycles. The van der Waals surface area contributed by atoms with E-state index in [9.17, 15) is 0 Å². The van der Waals surface area contributed by atoms with Gasteiger partial charge in [0.25, 0.3) is 0 Å². The maximum absolute atomic E-state index is 5.13. The Balaban J connectivity index is 0.989. The zero-order valence-electron chi connectivity index (χ0n) is 34.7. The van der Waals surface area contributed by atoms with Gasteiger partial charge in [-0.2, -0.15) is 0 Å². The van der Waals surface area contributed by atoms with Gasteiger partial charge in [0.2, 0.25) is 0 Å². The summed E-state index contributed by atoms with van der Waals surface area (Å²) >= 11 is 0. The van der Waals surface area contributed by atoms with Crippen LogP contribution in [0.15, 0.2) is 212 Å². The summed E-state index contributed by atoms with van der Waals surface area (Å²) in [5, 5.41) is 2.59. The Morgan fingerprint density at radius 2 is 0.952 bits per heavy atom. The first kappa shape index (κ1) is 35.8. The van der Waals surface area contributed by atoms with Gasteiger partial charge in [0.15, 0.2) is 17.5 Å². The Morgan fingerprint density at radius 1 is 0.444 bits per heavy atom. The standard InChI is InChI=1S/C59H40N4/c1-37-26-35-53-51(36-37)59(50-24-13-22-48-46-19-9-11-25-52(46)63(53)55(48)50)49-23-10-8-18-45(49)47-21-12-20-44(54(47)59)40-29-33-43(34-30-40)58-61-56(41-16-6-3-7-17-41)60-57(62-58)42-31-27-39(28-32-42)38-14-4-2-5-15-38/h2-35,37H,36H2,1H3. The predicted octanol–water partition coefficient (Wildman–Crippen LogP) is 14.4. The van der Waals surface area contributed by atoms with Crippen LogP contribution < -0.4 is 0 Å². The second-order valence-corrected chi connectivity index (χ2v) is 17.2. The number of benzene rings is 8. The van der Waals surface area contributed by atoms with E-state index in [0.29, 0.717) is 23.4 Å². The zero-order chi connectivity index (χ0) is 41.6. The largest absolute Gasteiger partial charge is 0.309 e. The number of hydrogen-bond acceptors (Lipinski definition) is 3. The first-order valence-corrected chi connectivity index (χ1v) is 21.9. The van der Waals surface area contributed by atoms with Gasteiger partial charge in [0, 0.05) is 33.2 Å². The summed E-state index contributed by atoms with van der Waals surface area (Å²) in [5.74, 6) is 2.34. The lowest BCUT2D eigenvalue weighted by atomic mass is 9.61. The second-order valence-electron chi connectivity index (χ2n) is 17.2. The van der Waals surface area contributed by atoms with E-state index in [1.165, 1.54) is 72.0 Å². The molecule has 3 aliphatic rings. The van der Waals surface area contributed by atoms with Crippen LogP contribution in [-0.4, -0.2) is 19.5 Å². The summed E-state index contributed by atoms with van der Waals surface area (Å²) in [6, 6.07) is 70.1. The highest BCUT2D eigenvalue weighted by atomic mass is 15.0. The number of para-hydroxylation sites is 2. The molecule has 0 fully saturated rings. The van der Waals surface area contributed by atoms with Gasteiger partial charge in [-0.3, -0.25) is 0 Å². The smallest absolute Gasteiger partial charge is 0.164 e. The molecule has 0 N–H and O–H groups in total. The van der Waals surface area contributed by atoms with Gasteiger partial charge in [-0.25, -0.2) is 15.0 Å². The van der Waals surface area contributed by atoms with Crippen LogP contribution in [0.4, 0.5) is 0 Å². The molecule has 2 aromatic heterocycles. The first-order valence-electron chi connectivity index (χ1n) is 21.9. The van der Waals surface area contributed by atoms with Crippen molar-refractivity contribution in [3.8, 4) is 67.5 Å². The minimum absolute atomic E-state index is 0.402. The molecule has 2 unspecified atom stereocenters. The van der Waals surface area contributed by atoms with E-state index in [4.69, 9.17) is 15.0 Å². The normalized spacial score (nSPS) is 17.0. The Hall–Kier alpha value is -7.95.